The maximum Gasteiger partial charge on any atom is 0.187 e. The van der Waals surface area contributed by atoms with Gasteiger partial charge in [-0.1, -0.05) is 20.3 Å². The molecule has 0 aliphatic carbocycles. The van der Waals surface area contributed by atoms with Crippen molar-refractivity contribution in [3.8, 4) is 0 Å². The Morgan fingerprint density at radius 1 is 0.871 bits per heavy atom. The maximum absolute atomic E-state index is 10.7. The van der Waals surface area contributed by atoms with E-state index in [4.69, 9.17) is 18.9 Å². The van der Waals surface area contributed by atoms with Crippen LogP contribution in [0.2, 0.25) is 0 Å². The van der Waals surface area contributed by atoms with Crippen molar-refractivity contribution in [2.45, 2.75) is 108 Å². The lowest BCUT2D eigenvalue weighted by Gasteiger charge is -2.47. The van der Waals surface area contributed by atoms with Crippen molar-refractivity contribution in [1.82, 2.24) is 0 Å². The van der Waals surface area contributed by atoms with Gasteiger partial charge in [0.15, 0.2) is 12.6 Å². The second kappa shape index (κ2) is 11.1. The summed E-state index contributed by atoms with van der Waals surface area (Å²) < 4.78 is 22.8. The average Bonchev–Trinajstić information content (AvgIpc) is 2.71. The molecular weight excluding hydrogens is 416 g/mol. The molecule has 0 aromatic rings. The van der Waals surface area contributed by atoms with Gasteiger partial charge in [0.05, 0.1) is 37.1 Å². The summed E-state index contributed by atoms with van der Waals surface area (Å²) >= 11 is 0. The Labute approximate surface area is 182 Å². The molecule has 0 aromatic heterocycles. The minimum Gasteiger partial charge on any atom is -0.394 e. The molecule has 11 nitrogen and oxygen atoms in total. The zero-order chi connectivity index (χ0) is 23.5. The lowest BCUT2D eigenvalue weighted by atomic mass is 9.91. The van der Waals surface area contributed by atoms with E-state index < -0.39 is 86.1 Å². The Hall–Kier alpha value is -0.440. The van der Waals surface area contributed by atoms with E-state index in [0.29, 0.717) is 12.8 Å². The summed E-state index contributed by atoms with van der Waals surface area (Å²) in [6, 6.07) is 0. The fourth-order valence-electron chi connectivity index (χ4n) is 3.87. The number of hydrogen-bond donors (Lipinski definition) is 7. The Morgan fingerprint density at radius 2 is 1.45 bits per heavy atom. The lowest BCUT2D eigenvalue weighted by molar-refractivity contribution is -0.373. The molecule has 0 spiro atoms. The van der Waals surface area contributed by atoms with E-state index in [0.717, 1.165) is 0 Å². The van der Waals surface area contributed by atoms with E-state index in [1.54, 1.807) is 20.8 Å². The van der Waals surface area contributed by atoms with Crippen LogP contribution in [0, 0.1) is 5.92 Å². The molecule has 2 heterocycles. The van der Waals surface area contributed by atoms with Crippen LogP contribution in [0.15, 0.2) is 0 Å². The fourth-order valence-corrected chi connectivity index (χ4v) is 3.87. The largest absolute Gasteiger partial charge is 0.394 e. The average molecular weight is 455 g/mol. The molecule has 2 rings (SSSR count). The third kappa shape index (κ3) is 6.12. The molecule has 31 heavy (non-hydrogen) atoms. The lowest BCUT2D eigenvalue weighted by Crippen LogP contribution is -2.64. The maximum atomic E-state index is 10.7. The van der Waals surface area contributed by atoms with Crippen molar-refractivity contribution in [1.29, 1.82) is 0 Å². The molecule has 2 aliphatic heterocycles. The molecule has 11 heteroatoms. The number of aliphatic hydroxyl groups is 7. The van der Waals surface area contributed by atoms with Crippen molar-refractivity contribution < 1.29 is 54.7 Å². The van der Waals surface area contributed by atoms with Crippen LogP contribution in [0.4, 0.5) is 0 Å². The molecule has 0 aromatic carbocycles. The van der Waals surface area contributed by atoms with E-state index >= 15 is 0 Å². The predicted molar refractivity (Wildman–Crippen MR) is 106 cm³/mol. The van der Waals surface area contributed by atoms with Crippen molar-refractivity contribution in [3.05, 3.63) is 0 Å². The van der Waals surface area contributed by atoms with Crippen LogP contribution >= 0.6 is 0 Å². The van der Waals surface area contributed by atoms with Crippen molar-refractivity contribution in [2.24, 2.45) is 5.92 Å². The minimum atomic E-state index is -1.60. The summed E-state index contributed by atoms with van der Waals surface area (Å²) in [6.07, 6.45) is -11.7. The molecule has 0 saturated carbocycles. The van der Waals surface area contributed by atoms with Gasteiger partial charge in [0.25, 0.3) is 0 Å². The summed E-state index contributed by atoms with van der Waals surface area (Å²) in [6.45, 7) is 5.58. The molecule has 184 valence electrons. The molecule has 11 unspecified atom stereocenters. The van der Waals surface area contributed by atoms with Gasteiger partial charge in [0.2, 0.25) is 0 Å². The molecule has 2 fully saturated rings. The minimum absolute atomic E-state index is 0.430. The van der Waals surface area contributed by atoms with Crippen molar-refractivity contribution in [2.75, 3.05) is 13.2 Å². The number of ether oxygens (including phenoxy) is 4. The summed E-state index contributed by atoms with van der Waals surface area (Å²) in [5.41, 5.74) is -1.27. The highest BCUT2D eigenvalue weighted by Crippen LogP contribution is 2.33. The van der Waals surface area contributed by atoms with Gasteiger partial charge in [0.1, 0.15) is 30.5 Å². The van der Waals surface area contributed by atoms with Crippen LogP contribution in [-0.4, -0.2) is 116 Å². The third-order valence-electron chi connectivity index (χ3n) is 6.00. The molecule has 2 aliphatic rings. The van der Waals surface area contributed by atoms with Gasteiger partial charge in [-0.2, -0.15) is 0 Å². The second-order valence-corrected chi connectivity index (χ2v) is 8.94. The highest BCUT2D eigenvalue weighted by Gasteiger charge is 2.51. The first-order valence-electron chi connectivity index (χ1n) is 10.7. The van der Waals surface area contributed by atoms with Crippen molar-refractivity contribution >= 4 is 0 Å². The number of rotatable bonds is 9. The monoisotopic (exact) mass is 454 g/mol. The standard InChI is InChI=1S/C20H38O11/c1-5-6-12(20(3,4)27)30-19-17(15(25)14(24)11(8-22)29-19)31-18-16(26)13(23)9(2)10(7-21)28-18/h9-19,21-27H,5-8H2,1-4H3. The molecule has 7 N–H and O–H groups in total. The Kier molecular flexibility index (Phi) is 9.62. The number of aliphatic hydroxyl groups excluding tert-OH is 6. The van der Waals surface area contributed by atoms with Gasteiger partial charge in [-0.25, -0.2) is 0 Å². The van der Waals surface area contributed by atoms with E-state index in [1.165, 1.54) is 0 Å². The van der Waals surface area contributed by atoms with Crippen LogP contribution in [-0.2, 0) is 18.9 Å². The normalized spacial score (nSPS) is 43.1. The van der Waals surface area contributed by atoms with E-state index in [9.17, 15) is 35.7 Å². The van der Waals surface area contributed by atoms with Gasteiger partial charge in [-0.05, 0) is 20.3 Å². The molecule has 0 amide bonds. The predicted octanol–water partition coefficient (Wildman–Crippen LogP) is -2.16. The van der Waals surface area contributed by atoms with Crippen LogP contribution in [0.5, 0.6) is 0 Å². The molecule has 2 saturated heterocycles. The van der Waals surface area contributed by atoms with Gasteiger partial charge in [-0.15, -0.1) is 0 Å². The molecule has 0 radical (unpaired) electrons. The first-order valence-corrected chi connectivity index (χ1v) is 10.7. The van der Waals surface area contributed by atoms with Crippen LogP contribution < -0.4 is 0 Å². The first-order chi connectivity index (χ1) is 14.5. The number of hydrogen-bond acceptors (Lipinski definition) is 11. The first kappa shape index (κ1) is 26.8. The van der Waals surface area contributed by atoms with Crippen LogP contribution in [0.1, 0.15) is 40.5 Å². The summed E-state index contributed by atoms with van der Waals surface area (Å²) in [7, 11) is 0. The Balaban J connectivity index is 2.26. The quantitative estimate of drug-likeness (QED) is 0.202. The van der Waals surface area contributed by atoms with Gasteiger partial charge in [0, 0.05) is 5.92 Å². The van der Waals surface area contributed by atoms with Gasteiger partial charge in [-0.3, -0.25) is 0 Å². The second-order valence-electron chi connectivity index (χ2n) is 8.94. The molecule has 11 atom stereocenters. The highest BCUT2D eigenvalue weighted by molar-refractivity contribution is 4.94. The van der Waals surface area contributed by atoms with Crippen molar-refractivity contribution in [3.63, 3.8) is 0 Å². The SMILES string of the molecule is CCCC(OC1OC(CO)C(O)C(O)C1OC1OC(CO)C(C)C(O)C1O)C(C)(C)O. The fraction of sp³-hybridized carbons (Fsp3) is 1.00. The Bertz CT molecular complexity index is 540. The summed E-state index contributed by atoms with van der Waals surface area (Å²) in [5.74, 6) is -0.576. The topological polar surface area (TPSA) is 179 Å². The van der Waals surface area contributed by atoms with Crippen LogP contribution in [0.25, 0.3) is 0 Å². The highest BCUT2D eigenvalue weighted by atomic mass is 16.8. The Morgan fingerprint density at radius 3 is 1.97 bits per heavy atom. The smallest absolute Gasteiger partial charge is 0.187 e. The van der Waals surface area contributed by atoms with E-state index in [-0.39, 0.29) is 0 Å². The zero-order valence-corrected chi connectivity index (χ0v) is 18.4. The molecular formula is C20H38O11. The summed E-state index contributed by atoms with van der Waals surface area (Å²) in [4.78, 5) is 0. The summed E-state index contributed by atoms with van der Waals surface area (Å²) in [5, 5.41) is 71.1. The molecule has 0 bridgehead atoms. The van der Waals surface area contributed by atoms with Gasteiger partial charge >= 0.3 is 0 Å². The zero-order valence-electron chi connectivity index (χ0n) is 18.4. The van der Waals surface area contributed by atoms with Gasteiger partial charge < -0.3 is 54.7 Å². The van der Waals surface area contributed by atoms with E-state index in [2.05, 4.69) is 0 Å². The van der Waals surface area contributed by atoms with Crippen LogP contribution in [0.3, 0.4) is 0 Å². The van der Waals surface area contributed by atoms with E-state index in [1.807, 2.05) is 6.92 Å². The third-order valence-corrected chi connectivity index (χ3v) is 6.00.